The van der Waals surface area contributed by atoms with Gasteiger partial charge in [-0.15, -0.1) is 0 Å². The van der Waals surface area contributed by atoms with Crippen LogP contribution in [0.4, 0.5) is 5.69 Å². The molecule has 122 valence electrons. The van der Waals surface area contributed by atoms with Crippen LogP contribution in [-0.4, -0.2) is 10.8 Å². The molecule has 2 aromatic carbocycles. The Hall–Kier alpha value is -1.55. The molecule has 0 radical (unpaired) electrons. The molecule has 1 aromatic heterocycles. The number of halogens is 3. The number of hydrogen-bond donors (Lipinski definition) is 0. The van der Waals surface area contributed by atoms with Crippen LogP contribution in [0.25, 0.3) is 5.69 Å². The first-order valence-electron chi connectivity index (χ1n) is 7.39. The molecule has 3 aromatic rings. The molecule has 0 atom stereocenters. The summed E-state index contributed by atoms with van der Waals surface area (Å²) in [5.74, 6) is 0. The van der Waals surface area contributed by atoms with Crippen molar-refractivity contribution in [3.05, 3.63) is 80.0 Å². The van der Waals surface area contributed by atoms with Gasteiger partial charge in [-0.1, -0.05) is 29.3 Å². The Bertz CT molecular complexity index is 929. The maximum absolute atomic E-state index is 6.12. The van der Waals surface area contributed by atoms with Gasteiger partial charge in [0.1, 0.15) is 0 Å². The van der Waals surface area contributed by atoms with Crippen molar-refractivity contribution in [1.82, 2.24) is 4.57 Å². The standard InChI is InChI=1S/C19H15BrCl2N2/c1-12-8-14(11-23-16-6-7-18(20)19(22)10-16)13(2)24(12)17-5-3-4-15(21)9-17/h3-11H,1-2H3. The Balaban J connectivity index is 1.97. The van der Waals surface area contributed by atoms with Crippen LogP contribution in [0.2, 0.25) is 10.0 Å². The Morgan fingerprint density at radius 3 is 2.54 bits per heavy atom. The van der Waals surface area contributed by atoms with E-state index in [1.54, 1.807) is 0 Å². The SMILES string of the molecule is Cc1cc(C=Nc2ccc(Br)c(Cl)c2)c(C)n1-c1cccc(Cl)c1. The lowest BCUT2D eigenvalue weighted by Gasteiger charge is -2.09. The van der Waals surface area contributed by atoms with Crippen molar-refractivity contribution in [2.45, 2.75) is 13.8 Å². The van der Waals surface area contributed by atoms with E-state index in [4.69, 9.17) is 23.2 Å². The lowest BCUT2D eigenvalue weighted by atomic mass is 10.2. The van der Waals surface area contributed by atoms with E-state index < -0.39 is 0 Å². The quantitative estimate of drug-likeness (QED) is 0.408. The van der Waals surface area contributed by atoms with Crippen LogP contribution in [0.5, 0.6) is 0 Å². The van der Waals surface area contributed by atoms with Gasteiger partial charge in [-0.3, -0.25) is 4.99 Å². The van der Waals surface area contributed by atoms with Crippen molar-refractivity contribution in [3.63, 3.8) is 0 Å². The maximum Gasteiger partial charge on any atom is 0.0645 e. The van der Waals surface area contributed by atoms with Gasteiger partial charge in [0.15, 0.2) is 0 Å². The van der Waals surface area contributed by atoms with Gasteiger partial charge in [0, 0.05) is 38.3 Å². The molecule has 0 aliphatic heterocycles. The van der Waals surface area contributed by atoms with Gasteiger partial charge < -0.3 is 4.57 Å². The van der Waals surface area contributed by atoms with Crippen molar-refractivity contribution in [1.29, 1.82) is 0 Å². The highest BCUT2D eigenvalue weighted by Crippen LogP contribution is 2.27. The second-order valence-corrected chi connectivity index (χ2v) is 7.20. The van der Waals surface area contributed by atoms with E-state index >= 15 is 0 Å². The summed E-state index contributed by atoms with van der Waals surface area (Å²) in [7, 11) is 0. The highest BCUT2D eigenvalue weighted by atomic mass is 79.9. The second kappa shape index (κ2) is 7.14. The molecule has 0 aliphatic carbocycles. The number of benzene rings is 2. The number of rotatable bonds is 3. The molecule has 0 amide bonds. The largest absolute Gasteiger partial charge is 0.318 e. The molecule has 0 unspecified atom stereocenters. The first kappa shape index (κ1) is 17.3. The average molecular weight is 422 g/mol. The lowest BCUT2D eigenvalue weighted by molar-refractivity contribution is 0.965. The van der Waals surface area contributed by atoms with Crippen LogP contribution in [0.15, 0.2) is 58.0 Å². The van der Waals surface area contributed by atoms with Gasteiger partial charge in [-0.2, -0.15) is 0 Å². The summed E-state index contributed by atoms with van der Waals surface area (Å²) in [6.45, 7) is 4.14. The van der Waals surface area contributed by atoms with Crippen molar-refractivity contribution >= 4 is 51.0 Å². The second-order valence-electron chi connectivity index (χ2n) is 5.50. The fourth-order valence-corrected chi connectivity index (χ4v) is 3.25. The summed E-state index contributed by atoms with van der Waals surface area (Å²) in [5, 5.41) is 1.37. The molecular formula is C19H15BrCl2N2. The number of nitrogens with zero attached hydrogens (tertiary/aromatic N) is 2. The van der Waals surface area contributed by atoms with Gasteiger partial charge in [0.25, 0.3) is 0 Å². The molecule has 1 heterocycles. The van der Waals surface area contributed by atoms with E-state index in [0.29, 0.717) is 5.02 Å². The fourth-order valence-electron chi connectivity index (χ4n) is 2.64. The molecule has 0 bridgehead atoms. The van der Waals surface area contributed by atoms with Crippen LogP contribution in [-0.2, 0) is 0 Å². The highest BCUT2D eigenvalue weighted by molar-refractivity contribution is 9.10. The third-order valence-corrected chi connectivity index (χ3v) is 5.26. The van der Waals surface area contributed by atoms with E-state index in [2.05, 4.69) is 45.4 Å². The van der Waals surface area contributed by atoms with Crippen molar-refractivity contribution in [2.24, 2.45) is 4.99 Å². The van der Waals surface area contributed by atoms with Gasteiger partial charge in [0.05, 0.1) is 10.7 Å². The Labute approximate surface area is 159 Å². The normalized spacial score (nSPS) is 11.4. The zero-order valence-corrected chi connectivity index (χ0v) is 16.3. The van der Waals surface area contributed by atoms with Gasteiger partial charge >= 0.3 is 0 Å². The summed E-state index contributed by atoms with van der Waals surface area (Å²) in [4.78, 5) is 4.54. The minimum absolute atomic E-state index is 0.647. The maximum atomic E-state index is 6.12. The summed E-state index contributed by atoms with van der Waals surface area (Å²) < 4.78 is 3.03. The Kier molecular flexibility index (Phi) is 5.14. The highest BCUT2D eigenvalue weighted by Gasteiger charge is 2.09. The average Bonchev–Trinajstić information content (AvgIpc) is 2.82. The van der Waals surface area contributed by atoms with Crippen molar-refractivity contribution < 1.29 is 0 Å². The van der Waals surface area contributed by atoms with E-state index in [1.165, 1.54) is 0 Å². The lowest BCUT2D eigenvalue weighted by Crippen LogP contribution is -1.99. The van der Waals surface area contributed by atoms with E-state index in [1.807, 2.05) is 48.7 Å². The molecule has 24 heavy (non-hydrogen) atoms. The first-order chi connectivity index (χ1) is 11.5. The Morgan fingerprint density at radius 2 is 1.83 bits per heavy atom. The van der Waals surface area contributed by atoms with Gasteiger partial charge in [-0.25, -0.2) is 0 Å². The minimum atomic E-state index is 0.647. The number of aliphatic imine (C=N–C) groups is 1. The van der Waals surface area contributed by atoms with Crippen LogP contribution in [0.3, 0.4) is 0 Å². The third kappa shape index (κ3) is 3.59. The molecule has 0 spiro atoms. The molecule has 0 fully saturated rings. The predicted molar refractivity (Wildman–Crippen MR) is 107 cm³/mol. The van der Waals surface area contributed by atoms with E-state index in [0.717, 1.165) is 37.8 Å². The Morgan fingerprint density at radius 1 is 1.04 bits per heavy atom. The van der Waals surface area contributed by atoms with E-state index in [-0.39, 0.29) is 0 Å². The molecule has 0 saturated heterocycles. The molecule has 0 saturated carbocycles. The fraction of sp³-hybridized carbons (Fsp3) is 0.105. The molecule has 0 N–H and O–H groups in total. The van der Waals surface area contributed by atoms with Crippen molar-refractivity contribution in [3.8, 4) is 5.69 Å². The predicted octanol–water partition coefficient (Wildman–Crippen LogP) is 6.91. The number of aryl methyl sites for hydroxylation is 1. The van der Waals surface area contributed by atoms with Crippen LogP contribution in [0, 0.1) is 13.8 Å². The smallest absolute Gasteiger partial charge is 0.0645 e. The zero-order chi connectivity index (χ0) is 17.3. The van der Waals surface area contributed by atoms with Gasteiger partial charge in [-0.05, 0) is 72.2 Å². The van der Waals surface area contributed by atoms with Crippen molar-refractivity contribution in [2.75, 3.05) is 0 Å². The third-order valence-electron chi connectivity index (χ3n) is 3.79. The van der Waals surface area contributed by atoms with Crippen LogP contribution < -0.4 is 0 Å². The summed E-state index contributed by atoms with van der Waals surface area (Å²) in [6, 6.07) is 15.6. The summed E-state index contributed by atoms with van der Waals surface area (Å²) >= 11 is 15.6. The van der Waals surface area contributed by atoms with E-state index in [9.17, 15) is 0 Å². The molecule has 3 rings (SSSR count). The minimum Gasteiger partial charge on any atom is -0.318 e. The summed E-state index contributed by atoms with van der Waals surface area (Å²) in [5.41, 5.74) is 5.16. The van der Waals surface area contributed by atoms with Crippen LogP contribution in [0.1, 0.15) is 17.0 Å². The molecular weight excluding hydrogens is 407 g/mol. The molecule has 0 aliphatic rings. The molecule has 2 nitrogen and oxygen atoms in total. The number of hydrogen-bond acceptors (Lipinski definition) is 1. The first-order valence-corrected chi connectivity index (χ1v) is 8.94. The topological polar surface area (TPSA) is 17.3 Å². The van der Waals surface area contributed by atoms with Crippen LogP contribution >= 0.6 is 39.1 Å². The number of aromatic nitrogens is 1. The molecule has 5 heteroatoms. The van der Waals surface area contributed by atoms with Gasteiger partial charge in [0.2, 0.25) is 0 Å². The summed E-state index contributed by atoms with van der Waals surface area (Å²) in [6.07, 6.45) is 1.86. The zero-order valence-electron chi connectivity index (χ0n) is 13.2. The monoisotopic (exact) mass is 420 g/mol.